The molecule has 0 spiro atoms. The number of benzene rings is 2. The van der Waals surface area contributed by atoms with E-state index in [4.69, 9.17) is 11.5 Å². The summed E-state index contributed by atoms with van der Waals surface area (Å²) in [4.78, 5) is 1.47. The van der Waals surface area contributed by atoms with E-state index >= 15 is 0 Å². The Balaban J connectivity index is 0.000000405. The van der Waals surface area contributed by atoms with Crippen molar-refractivity contribution in [2.75, 3.05) is 31.1 Å². The summed E-state index contributed by atoms with van der Waals surface area (Å²) in [5.41, 5.74) is 10.8. The van der Waals surface area contributed by atoms with Crippen LogP contribution < -0.4 is 11.5 Å². The summed E-state index contributed by atoms with van der Waals surface area (Å²) in [7, 11) is -9.33. The molecule has 9 nitrogen and oxygen atoms in total. The average Bonchev–Trinajstić information content (AvgIpc) is 2.78. The van der Waals surface area contributed by atoms with E-state index in [9.17, 15) is 25.9 Å². The Bertz CT molecular complexity index is 1050. The number of anilines is 2. The van der Waals surface area contributed by atoms with Gasteiger partial charge in [-0.1, -0.05) is 52.2 Å². The molecule has 0 amide bonds. The minimum absolute atomic E-state index is 0.0558. The third-order valence-electron chi connectivity index (χ3n) is 5.34. The molecule has 2 aromatic rings. The van der Waals surface area contributed by atoms with Crippen LogP contribution in [0.15, 0.2) is 46.2 Å². The highest BCUT2D eigenvalue weighted by molar-refractivity contribution is 7.86. The summed E-state index contributed by atoms with van der Waals surface area (Å²) in [5, 5.41) is 0. The minimum atomic E-state index is -4.66. The number of hydrogen-bond acceptors (Lipinski definition) is 7. The summed E-state index contributed by atoms with van der Waals surface area (Å²) in [6.07, 6.45) is 8.09. The minimum Gasteiger partial charge on any atom is -0.399 e. The van der Waals surface area contributed by atoms with Gasteiger partial charge >= 0.3 is 0 Å². The maximum atomic E-state index is 11.5. The van der Waals surface area contributed by atoms with Gasteiger partial charge in [-0.15, -0.1) is 0 Å². The van der Waals surface area contributed by atoms with Crippen molar-refractivity contribution in [3.05, 3.63) is 36.4 Å². The van der Waals surface area contributed by atoms with Gasteiger partial charge in [0.2, 0.25) is 0 Å². The highest BCUT2D eigenvalue weighted by atomic mass is 32.2. The molecular weight excluding hydrogens is 490 g/mol. The number of nitrogens with two attached hydrogens (primary N) is 2. The number of unbranched alkanes of at least 4 members (excludes halogenated alkanes) is 3. The Kier molecular flexibility index (Phi) is 12.7. The summed E-state index contributed by atoms with van der Waals surface area (Å²) >= 11 is 0. The Morgan fingerprint density at radius 1 is 0.657 bits per heavy atom. The smallest absolute Gasteiger partial charge is 0.295 e. The van der Waals surface area contributed by atoms with E-state index in [-0.39, 0.29) is 22.5 Å². The molecule has 6 N–H and O–H groups in total. The van der Waals surface area contributed by atoms with Crippen molar-refractivity contribution >= 4 is 31.6 Å². The van der Waals surface area contributed by atoms with Crippen LogP contribution in [0.25, 0.3) is 11.1 Å². The van der Waals surface area contributed by atoms with Gasteiger partial charge in [-0.05, 0) is 63.2 Å². The van der Waals surface area contributed by atoms with Crippen molar-refractivity contribution in [1.82, 2.24) is 4.90 Å². The lowest BCUT2D eigenvalue weighted by Crippen LogP contribution is -2.27. The van der Waals surface area contributed by atoms with E-state index in [2.05, 4.69) is 25.7 Å². The summed E-state index contributed by atoms with van der Waals surface area (Å²) in [6, 6.07) is 7.06. The fraction of sp³-hybridized carbons (Fsp3) is 0.500. The predicted molar refractivity (Wildman–Crippen MR) is 141 cm³/mol. The second-order valence-electron chi connectivity index (χ2n) is 8.36. The Morgan fingerprint density at radius 2 is 0.971 bits per heavy atom. The molecule has 0 aliphatic carbocycles. The van der Waals surface area contributed by atoms with Gasteiger partial charge in [-0.25, -0.2) is 0 Å². The van der Waals surface area contributed by atoms with Crippen LogP contribution in [-0.2, 0) is 20.2 Å². The van der Waals surface area contributed by atoms with Crippen molar-refractivity contribution in [1.29, 1.82) is 0 Å². The van der Waals surface area contributed by atoms with E-state index in [0.29, 0.717) is 0 Å². The van der Waals surface area contributed by atoms with Gasteiger partial charge in [0.1, 0.15) is 9.79 Å². The van der Waals surface area contributed by atoms with Crippen LogP contribution in [0.1, 0.15) is 59.3 Å². The highest BCUT2D eigenvalue weighted by Crippen LogP contribution is 2.34. The third-order valence-corrected chi connectivity index (χ3v) is 7.13. The Morgan fingerprint density at radius 3 is 1.23 bits per heavy atom. The normalized spacial score (nSPS) is 11.8. The number of hydrogen-bond donors (Lipinski definition) is 4. The van der Waals surface area contributed by atoms with Crippen LogP contribution in [-0.4, -0.2) is 50.5 Å². The summed E-state index contributed by atoms with van der Waals surface area (Å²) in [5.74, 6) is 0. The monoisotopic (exact) mass is 529 g/mol. The standard InChI is InChI=1S/C12H12N2O6S2.C12H27N/c13-7-1-3-9(11(5-7)21(15,16)17)10-4-2-8(14)6-12(10)22(18,19)20;1-4-7-10-13(11-8-5-2)12-9-6-3/h1-6H,13-14H2,(H,15,16,17)(H,18,19,20);4-12H2,1-3H3. The van der Waals surface area contributed by atoms with E-state index in [1.165, 1.54) is 82.4 Å². The van der Waals surface area contributed by atoms with E-state index in [1.807, 2.05) is 0 Å². The first kappa shape index (κ1) is 30.9. The second kappa shape index (κ2) is 14.4. The van der Waals surface area contributed by atoms with E-state index in [0.717, 1.165) is 12.1 Å². The molecule has 0 bridgehead atoms. The molecule has 0 saturated carbocycles. The molecule has 0 radical (unpaired) electrons. The molecule has 35 heavy (non-hydrogen) atoms. The first-order valence-corrected chi connectivity index (χ1v) is 14.7. The molecule has 0 saturated heterocycles. The van der Waals surface area contributed by atoms with Gasteiger partial charge in [-0.3, -0.25) is 9.11 Å². The zero-order chi connectivity index (χ0) is 26.6. The molecule has 0 fully saturated rings. The Labute approximate surface area is 210 Å². The maximum Gasteiger partial charge on any atom is 0.295 e. The first-order valence-electron chi connectivity index (χ1n) is 11.8. The lowest BCUT2D eigenvalue weighted by molar-refractivity contribution is 0.261. The van der Waals surface area contributed by atoms with Crippen LogP contribution in [0.4, 0.5) is 11.4 Å². The van der Waals surface area contributed by atoms with Gasteiger partial charge in [0.05, 0.1) is 0 Å². The molecule has 198 valence electrons. The molecule has 2 rings (SSSR count). The van der Waals surface area contributed by atoms with Crippen LogP contribution in [0.3, 0.4) is 0 Å². The number of nitrogen functional groups attached to an aromatic ring is 2. The van der Waals surface area contributed by atoms with Gasteiger partial charge in [-0.2, -0.15) is 16.8 Å². The first-order chi connectivity index (χ1) is 16.3. The van der Waals surface area contributed by atoms with Crippen molar-refractivity contribution in [2.45, 2.75) is 69.1 Å². The van der Waals surface area contributed by atoms with E-state index in [1.54, 1.807) is 0 Å². The van der Waals surface area contributed by atoms with Crippen molar-refractivity contribution in [2.24, 2.45) is 0 Å². The quantitative estimate of drug-likeness (QED) is 0.225. The number of nitrogens with zero attached hydrogens (tertiary/aromatic N) is 1. The second-order valence-corrected chi connectivity index (χ2v) is 11.1. The molecule has 0 atom stereocenters. The molecule has 0 unspecified atom stereocenters. The Hall–Kier alpha value is -2.18. The zero-order valence-corrected chi connectivity index (χ0v) is 22.4. The van der Waals surface area contributed by atoms with E-state index < -0.39 is 30.0 Å². The van der Waals surface area contributed by atoms with Crippen molar-refractivity contribution in [3.8, 4) is 11.1 Å². The zero-order valence-electron chi connectivity index (χ0n) is 20.8. The molecular formula is C24H39N3O6S2. The fourth-order valence-corrected chi connectivity index (χ4v) is 4.91. The molecule has 2 aromatic carbocycles. The topological polar surface area (TPSA) is 164 Å². The highest BCUT2D eigenvalue weighted by Gasteiger charge is 2.23. The molecule has 0 heterocycles. The lowest BCUT2D eigenvalue weighted by Gasteiger charge is -2.21. The number of rotatable bonds is 12. The SMILES string of the molecule is CCCCN(CCCC)CCCC.Nc1ccc(-c2ccc(N)cc2S(=O)(=O)O)c(S(=O)(=O)O)c1. The molecule has 0 aliphatic rings. The van der Waals surface area contributed by atoms with Gasteiger partial charge in [0, 0.05) is 22.5 Å². The fourth-order valence-electron chi connectivity index (χ4n) is 3.43. The van der Waals surface area contributed by atoms with Gasteiger partial charge in [0.15, 0.2) is 0 Å². The van der Waals surface area contributed by atoms with Crippen LogP contribution in [0.5, 0.6) is 0 Å². The maximum absolute atomic E-state index is 11.5. The van der Waals surface area contributed by atoms with Gasteiger partial charge in [0.25, 0.3) is 20.2 Å². The van der Waals surface area contributed by atoms with Gasteiger partial charge < -0.3 is 16.4 Å². The molecule has 0 aliphatic heterocycles. The van der Waals surface area contributed by atoms with Crippen molar-refractivity contribution in [3.63, 3.8) is 0 Å². The van der Waals surface area contributed by atoms with Crippen LogP contribution >= 0.6 is 0 Å². The van der Waals surface area contributed by atoms with Crippen molar-refractivity contribution < 1.29 is 25.9 Å². The average molecular weight is 530 g/mol. The van der Waals surface area contributed by atoms with Crippen LogP contribution in [0, 0.1) is 0 Å². The molecule has 0 aromatic heterocycles. The molecule has 11 heteroatoms. The summed E-state index contributed by atoms with van der Waals surface area (Å²) < 4.78 is 64.4. The summed E-state index contributed by atoms with van der Waals surface area (Å²) in [6.45, 7) is 10.8. The predicted octanol–water partition coefficient (Wildman–Crippen LogP) is 4.70. The largest absolute Gasteiger partial charge is 0.399 e. The lowest BCUT2D eigenvalue weighted by atomic mass is 10.0. The van der Waals surface area contributed by atoms with Crippen LogP contribution in [0.2, 0.25) is 0 Å². The third kappa shape index (κ3) is 10.5.